The molecule has 6 heteroatoms. The molecule has 2 aromatic rings. The van der Waals surface area contributed by atoms with E-state index >= 15 is 0 Å². The fraction of sp³-hybridized carbons (Fsp3) is 0.167. The van der Waals surface area contributed by atoms with Crippen molar-refractivity contribution >= 4 is 18.0 Å². The van der Waals surface area contributed by atoms with Crippen LogP contribution in [0.4, 0.5) is 17.6 Å². The largest absolute Gasteiger partial charge is 0.416 e. The summed E-state index contributed by atoms with van der Waals surface area (Å²) in [6.07, 6.45) is -2.71. The Bertz CT molecular complexity index is 807. The highest BCUT2D eigenvalue weighted by molar-refractivity contribution is 8.01. The third-order valence-electron chi connectivity index (χ3n) is 3.66. The second kappa shape index (κ2) is 6.43. The molecule has 1 atom stereocenters. The molecule has 1 nitrogen and oxygen atoms in total. The molecule has 0 saturated carbocycles. The van der Waals surface area contributed by atoms with Gasteiger partial charge in [-0.2, -0.15) is 17.7 Å². The van der Waals surface area contributed by atoms with Crippen molar-refractivity contribution in [2.24, 2.45) is 0 Å². The average molecular weight is 351 g/mol. The minimum Gasteiger partial charge on any atom is -0.206 e. The van der Waals surface area contributed by atoms with Crippen molar-refractivity contribution in [1.29, 1.82) is 0 Å². The van der Waals surface area contributed by atoms with Gasteiger partial charge >= 0.3 is 6.18 Å². The van der Waals surface area contributed by atoms with Gasteiger partial charge in [-0.25, -0.2) is 4.39 Å². The summed E-state index contributed by atoms with van der Waals surface area (Å²) in [4.78, 5) is 0. The van der Waals surface area contributed by atoms with Crippen LogP contribution in [0.25, 0.3) is 0 Å². The summed E-state index contributed by atoms with van der Waals surface area (Å²) in [5, 5.41) is 2.81. The standard InChI is InChI=1S/C18H13F4NS/c1-12-11-24-17(13-6-8-15(9-7-13)18(20,21)22)23(12)10-14-4-2-3-5-16(14)19/h2-10,17H,1H3/q+1. The molecule has 1 aliphatic heterocycles. The van der Waals surface area contributed by atoms with E-state index in [1.165, 1.54) is 30.0 Å². The molecule has 2 aromatic carbocycles. The maximum atomic E-state index is 13.9. The van der Waals surface area contributed by atoms with Crippen molar-refractivity contribution in [3.05, 3.63) is 82.1 Å². The topological polar surface area (TPSA) is 3.01 Å². The molecule has 1 unspecified atom stereocenters. The summed E-state index contributed by atoms with van der Waals surface area (Å²) in [6.45, 7) is 1.83. The SMILES string of the molecule is CC1=[C]SC(c2ccc(C(F)(F)F)cc2)[N+]1=Cc1ccccc1F. The number of halogens is 4. The fourth-order valence-electron chi connectivity index (χ4n) is 2.39. The van der Waals surface area contributed by atoms with Crippen LogP contribution in [0.2, 0.25) is 0 Å². The molecule has 0 bridgehead atoms. The Morgan fingerprint density at radius 1 is 1.08 bits per heavy atom. The van der Waals surface area contributed by atoms with Gasteiger partial charge in [0.25, 0.3) is 0 Å². The van der Waals surface area contributed by atoms with Crippen LogP contribution in [0.3, 0.4) is 0 Å². The summed E-state index contributed by atoms with van der Waals surface area (Å²) in [5.41, 5.74) is 1.21. The first-order valence-electron chi connectivity index (χ1n) is 7.16. The minimum atomic E-state index is -4.36. The number of hydrogen-bond donors (Lipinski definition) is 0. The summed E-state index contributed by atoms with van der Waals surface area (Å²) in [5.74, 6) is -0.353. The molecular weight excluding hydrogens is 338 g/mol. The lowest BCUT2D eigenvalue weighted by atomic mass is 10.1. The van der Waals surface area contributed by atoms with Gasteiger partial charge in [-0.15, -0.1) is 0 Å². The van der Waals surface area contributed by atoms with E-state index in [-0.39, 0.29) is 11.2 Å². The maximum Gasteiger partial charge on any atom is 0.416 e. The Labute approximate surface area is 141 Å². The van der Waals surface area contributed by atoms with E-state index < -0.39 is 11.7 Å². The lowest BCUT2D eigenvalue weighted by Crippen LogP contribution is -2.13. The molecule has 0 aliphatic carbocycles. The fourth-order valence-corrected chi connectivity index (χ4v) is 3.40. The van der Waals surface area contributed by atoms with Crippen LogP contribution in [0.15, 0.2) is 54.2 Å². The van der Waals surface area contributed by atoms with E-state index in [2.05, 4.69) is 5.41 Å². The molecule has 0 aromatic heterocycles. The number of alkyl halides is 3. The maximum absolute atomic E-state index is 13.9. The molecule has 0 spiro atoms. The predicted octanol–water partition coefficient (Wildman–Crippen LogP) is 5.39. The van der Waals surface area contributed by atoms with Crippen molar-refractivity contribution in [3.63, 3.8) is 0 Å². The van der Waals surface area contributed by atoms with Gasteiger partial charge in [0.1, 0.15) is 11.2 Å². The van der Waals surface area contributed by atoms with Crippen LogP contribution in [0.1, 0.15) is 29.0 Å². The van der Waals surface area contributed by atoms with Crippen LogP contribution in [-0.4, -0.2) is 10.8 Å². The van der Waals surface area contributed by atoms with Crippen LogP contribution in [0, 0.1) is 11.2 Å². The van der Waals surface area contributed by atoms with E-state index in [9.17, 15) is 17.6 Å². The van der Waals surface area contributed by atoms with Gasteiger partial charge in [-0.05, 0) is 36.0 Å². The van der Waals surface area contributed by atoms with E-state index in [0.29, 0.717) is 11.1 Å². The first-order valence-corrected chi connectivity index (χ1v) is 8.04. The van der Waals surface area contributed by atoms with Crippen molar-refractivity contribution in [1.82, 2.24) is 0 Å². The molecule has 24 heavy (non-hydrogen) atoms. The summed E-state index contributed by atoms with van der Waals surface area (Å²) < 4.78 is 53.7. The van der Waals surface area contributed by atoms with Crippen LogP contribution in [0.5, 0.6) is 0 Å². The molecule has 0 fully saturated rings. The Balaban J connectivity index is 1.95. The van der Waals surface area contributed by atoms with Gasteiger partial charge in [-0.3, -0.25) is 0 Å². The average Bonchev–Trinajstić information content (AvgIpc) is 2.90. The highest BCUT2D eigenvalue weighted by Gasteiger charge is 2.34. The second-order valence-corrected chi connectivity index (χ2v) is 6.22. The molecule has 123 valence electrons. The van der Waals surface area contributed by atoms with Gasteiger partial charge in [0.15, 0.2) is 11.9 Å². The van der Waals surface area contributed by atoms with Gasteiger partial charge in [0, 0.05) is 12.5 Å². The van der Waals surface area contributed by atoms with Gasteiger partial charge in [0.05, 0.1) is 11.1 Å². The van der Waals surface area contributed by atoms with E-state index in [1.807, 2.05) is 11.5 Å². The zero-order chi connectivity index (χ0) is 17.3. The van der Waals surface area contributed by atoms with Gasteiger partial charge < -0.3 is 0 Å². The highest BCUT2D eigenvalue weighted by Crippen LogP contribution is 2.39. The molecule has 0 N–H and O–H groups in total. The summed E-state index contributed by atoms with van der Waals surface area (Å²) >= 11 is 1.35. The number of rotatable bonds is 2. The number of thioether (sulfide) groups is 1. The smallest absolute Gasteiger partial charge is 0.206 e. The Morgan fingerprint density at radius 2 is 1.75 bits per heavy atom. The quantitative estimate of drug-likeness (QED) is 0.518. The molecule has 1 heterocycles. The number of allylic oxidation sites excluding steroid dienone is 1. The Morgan fingerprint density at radius 3 is 2.38 bits per heavy atom. The molecule has 0 amide bonds. The zero-order valence-corrected chi connectivity index (χ0v) is 13.5. The summed E-state index contributed by atoms with van der Waals surface area (Å²) in [7, 11) is 0. The predicted molar refractivity (Wildman–Crippen MR) is 86.0 cm³/mol. The molecule has 0 saturated heterocycles. The zero-order valence-electron chi connectivity index (χ0n) is 12.6. The lowest BCUT2D eigenvalue weighted by Gasteiger charge is -2.11. The van der Waals surface area contributed by atoms with Crippen molar-refractivity contribution < 1.29 is 22.1 Å². The van der Waals surface area contributed by atoms with E-state index in [1.54, 1.807) is 24.4 Å². The van der Waals surface area contributed by atoms with Crippen LogP contribution < -0.4 is 0 Å². The third kappa shape index (κ3) is 3.38. The van der Waals surface area contributed by atoms with Crippen molar-refractivity contribution in [3.8, 4) is 0 Å². The molecular formula is C18H13F4NS+. The normalized spacial score (nSPS) is 19.6. The molecule has 1 radical (unpaired) electrons. The van der Waals surface area contributed by atoms with E-state index in [4.69, 9.17) is 0 Å². The van der Waals surface area contributed by atoms with E-state index in [0.717, 1.165) is 17.8 Å². The molecule has 3 rings (SSSR count). The third-order valence-corrected chi connectivity index (χ3v) is 4.80. The Kier molecular flexibility index (Phi) is 4.49. The van der Waals surface area contributed by atoms with Crippen molar-refractivity contribution in [2.75, 3.05) is 0 Å². The lowest BCUT2D eigenvalue weighted by molar-refractivity contribution is -0.488. The van der Waals surface area contributed by atoms with Gasteiger partial charge in [0.2, 0.25) is 5.37 Å². The summed E-state index contributed by atoms with van der Waals surface area (Å²) in [6, 6.07) is 11.4. The number of nitrogens with zero attached hydrogens (tertiary/aromatic N) is 1. The first kappa shape index (κ1) is 16.8. The van der Waals surface area contributed by atoms with Crippen LogP contribution in [-0.2, 0) is 6.18 Å². The molecule has 1 aliphatic rings. The van der Waals surface area contributed by atoms with Crippen LogP contribution >= 0.6 is 11.8 Å². The number of hydrogen-bond acceptors (Lipinski definition) is 1. The van der Waals surface area contributed by atoms with Gasteiger partial charge in [-0.1, -0.05) is 24.3 Å². The second-order valence-electron chi connectivity index (χ2n) is 5.34. The minimum absolute atomic E-state index is 0.271. The number of benzene rings is 2. The monoisotopic (exact) mass is 351 g/mol. The highest BCUT2D eigenvalue weighted by atomic mass is 32.2. The van der Waals surface area contributed by atoms with Crippen molar-refractivity contribution in [2.45, 2.75) is 18.5 Å². The Hall–Kier alpha value is -2.08. The first-order chi connectivity index (χ1) is 11.4.